The molecule has 4 rings (SSSR count). The second-order valence-corrected chi connectivity index (χ2v) is 7.78. The summed E-state index contributed by atoms with van der Waals surface area (Å²) in [5, 5.41) is 3.27. The molecule has 4 heterocycles. The molecular weight excluding hydrogens is 320 g/mol. The first-order chi connectivity index (χ1) is 11.8. The van der Waals surface area contributed by atoms with Gasteiger partial charge in [0.25, 0.3) is 0 Å². The van der Waals surface area contributed by atoms with Crippen molar-refractivity contribution in [3.63, 3.8) is 0 Å². The molecule has 2 saturated heterocycles. The van der Waals surface area contributed by atoms with E-state index in [0.717, 1.165) is 58.7 Å². The summed E-state index contributed by atoms with van der Waals surface area (Å²) in [6, 6.07) is 4.18. The van der Waals surface area contributed by atoms with Gasteiger partial charge >= 0.3 is 0 Å². The van der Waals surface area contributed by atoms with Gasteiger partial charge in [-0.15, -0.1) is 11.3 Å². The predicted octanol–water partition coefficient (Wildman–Crippen LogP) is 2.41. The van der Waals surface area contributed by atoms with Crippen LogP contribution in [0, 0.1) is 0 Å². The predicted molar refractivity (Wildman–Crippen MR) is 94.8 cm³/mol. The Morgan fingerprint density at radius 2 is 2.04 bits per heavy atom. The third-order valence-electron chi connectivity index (χ3n) is 5.07. The molecule has 2 aromatic heterocycles. The lowest BCUT2D eigenvalue weighted by atomic mass is 9.89. The van der Waals surface area contributed by atoms with Gasteiger partial charge in [0.2, 0.25) is 0 Å². The highest BCUT2D eigenvalue weighted by Gasteiger charge is 2.39. The summed E-state index contributed by atoms with van der Waals surface area (Å²) < 4.78 is 6.26. The molecule has 0 atom stereocenters. The Morgan fingerprint density at radius 3 is 2.79 bits per heavy atom. The Morgan fingerprint density at radius 1 is 1.12 bits per heavy atom. The minimum Gasteiger partial charge on any atom is -0.372 e. The minimum atomic E-state index is 0.0415. The van der Waals surface area contributed by atoms with Gasteiger partial charge < -0.3 is 4.74 Å². The maximum absolute atomic E-state index is 6.26. The fourth-order valence-corrected chi connectivity index (χ4v) is 4.41. The molecule has 0 unspecified atom stereocenters. The van der Waals surface area contributed by atoms with E-state index < -0.39 is 0 Å². The van der Waals surface area contributed by atoms with Crippen LogP contribution in [0.1, 0.15) is 23.4 Å². The average molecular weight is 344 g/mol. The quantitative estimate of drug-likeness (QED) is 0.852. The number of rotatable bonds is 4. The summed E-state index contributed by atoms with van der Waals surface area (Å²) in [4.78, 5) is 13.7. The number of nitrogens with zero attached hydrogens (tertiary/aromatic N) is 4. The number of aromatic nitrogens is 2. The van der Waals surface area contributed by atoms with Crippen molar-refractivity contribution in [1.29, 1.82) is 0 Å². The number of likely N-dealkylation sites (tertiary alicyclic amines) is 1. The number of hydrogen-bond acceptors (Lipinski definition) is 6. The fourth-order valence-electron chi connectivity index (χ4n) is 3.75. The lowest BCUT2D eigenvalue weighted by molar-refractivity contribution is -0.138. The topological polar surface area (TPSA) is 41.5 Å². The van der Waals surface area contributed by atoms with Crippen LogP contribution in [0.4, 0.5) is 0 Å². The van der Waals surface area contributed by atoms with Crippen LogP contribution in [-0.2, 0) is 17.8 Å². The molecule has 0 saturated carbocycles. The highest BCUT2D eigenvalue weighted by Crippen LogP contribution is 2.31. The van der Waals surface area contributed by atoms with E-state index in [1.165, 1.54) is 10.6 Å². The van der Waals surface area contributed by atoms with Gasteiger partial charge in [0.05, 0.1) is 18.8 Å². The van der Waals surface area contributed by atoms with Gasteiger partial charge in [-0.3, -0.25) is 14.8 Å². The van der Waals surface area contributed by atoms with Gasteiger partial charge in [-0.1, -0.05) is 6.07 Å². The number of piperidine rings is 1. The zero-order valence-electron chi connectivity index (χ0n) is 13.9. The van der Waals surface area contributed by atoms with E-state index in [9.17, 15) is 0 Å². The standard InChI is InChI=1S/C18H24N4OS/c1-2-16(12-19-5-1)13-22-9-10-23-18(15-22)3-7-21(8-4-18)14-17-20-6-11-24-17/h1-2,5-6,11-12H,3-4,7-10,13-15H2. The van der Waals surface area contributed by atoms with Crippen molar-refractivity contribution < 1.29 is 4.74 Å². The summed E-state index contributed by atoms with van der Waals surface area (Å²) in [6.45, 7) is 7.04. The molecule has 0 radical (unpaired) electrons. The van der Waals surface area contributed by atoms with E-state index in [1.54, 1.807) is 11.3 Å². The number of thiazole rings is 1. The molecule has 0 aliphatic carbocycles. The maximum atomic E-state index is 6.26. The van der Waals surface area contributed by atoms with Gasteiger partial charge in [-0.25, -0.2) is 4.98 Å². The van der Waals surface area contributed by atoms with Gasteiger partial charge in [0, 0.05) is 56.7 Å². The number of hydrogen-bond donors (Lipinski definition) is 0. The van der Waals surface area contributed by atoms with Crippen LogP contribution < -0.4 is 0 Å². The smallest absolute Gasteiger partial charge is 0.107 e. The molecule has 128 valence electrons. The van der Waals surface area contributed by atoms with Crippen LogP contribution in [-0.4, -0.2) is 58.2 Å². The summed E-state index contributed by atoms with van der Waals surface area (Å²) in [7, 11) is 0. The van der Waals surface area contributed by atoms with Crippen molar-refractivity contribution in [2.24, 2.45) is 0 Å². The Hall–Kier alpha value is -1.34. The first kappa shape index (κ1) is 16.1. The number of pyridine rings is 1. The lowest BCUT2D eigenvalue weighted by Gasteiger charge is -2.47. The molecule has 6 heteroatoms. The van der Waals surface area contributed by atoms with Crippen molar-refractivity contribution in [2.75, 3.05) is 32.8 Å². The molecule has 0 N–H and O–H groups in total. The summed E-state index contributed by atoms with van der Waals surface area (Å²) >= 11 is 1.75. The van der Waals surface area contributed by atoms with Crippen molar-refractivity contribution >= 4 is 11.3 Å². The highest BCUT2D eigenvalue weighted by molar-refractivity contribution is 7.09. The summed E-state index contributed by atoms with van der Waals surface area (Å²) in [6.07, 6.45) is 7.93. The zero-order chi connectivity index (χ0) is 16.2. The molecule has 2 fully saturated rings. The van der Waals surface area contributed by atoms with E-state index >= 15 is 0 Å². The second kappa shape index (κ2) is 7.27. The lowest BCUT2D eigenvalue weighted by Crippen LogP contribution is -2.56. The molecule has 24 heavy (non-hydrogen) atoms. The molecule has 1 spiro atoms. The molecule has 2 aliphatic rings. The maximum Gasteiger partial charge on any atom is 0.107 e. The second-order valence-electron chi connectivity index (χ2n) is 6.81. The molecule has 2 aliphatic heterocycles. The Kier molecular flexibility index (Phi) is 4.89. The Balaban J connectivity index is 1.32. The average Bonchev–Trinajstić information content (AvgIpc) is 3.11. The first-order valence-corrected chi connectivity index (χ1v) is 9.55. The molecule has 0 bridgehead atoms. The largest absolute Gasteiger partial charge is 0.372 e. The first-order valence-electron chi connectivity index (χ1n) is 8.67. The fraction of sp³-hybridized carbons (Fsp3) is 0.556. The van der Waals surface area contributed by atoms with E-state index in [1.807, 2.05) is 24.7 Å². The zero-order valence-corrected chi connectivity index (χ0v) is 14.7. The normalized spacial score (nSPS) is 22.0. The van der Waals surface area contributed by atoms with Crippen LogP contribution in [0.2, 0.25) is 0 Å². The third kappa shape index (κ3) is 3.83. The molecule has 0 aromatic carbocycles. The highest BCUT2D eigenvalue weighted by atomic mass is 32.1. The monoisotopic (exact) mass is 344 g/mol. The van der Waals surface area contributed by atoms with Crippen molar-refractivity contribution in [1.82, 2.24) is 19.8 Å². The van der Waals surface area contributed by atoms with Crippen LogP contribution in [0.5, 0.6) is 0 Å². The summed E-state index contributed by atoms with van der Waals surface area (Å²) in [5.41, 5.74) is 1.33. The molecule has 2 aromatic rings. The Bertz CT molecular complexity index is 626. The number of morpholine rings is 1. The van der Waals surface area contributed by atoms with Gasteiger partial charge in [0.15, 0.2) is 0 Å². The summed E-state index contributed by atoms with van der Waals surface area (Å²) in [5.74, 6) is 0. The Labute approximate surface area is 147 Å². The molecule has 0 amide bonds. The van der Waals surface area contributed by atoms with Gasteiger partial charge in [-0.05, 0) is 24.5 Å². The third-order valence-corrected chi connectivity index (χ3v) is 5.83. The van der Waals surface area contributed by atoms with Crippen molar-refractivity contribution in [2.45, 2.75) is 31.5 Å². The van der Waals surface area contributed by atoms with Gasteiger partial charge in [-0.2, -0.15) is 0 Å². The van der Waals surface area contributed by atoms with E-state index in [0.29, 0.717) is 0 Å². The van der Waals surface area contributed by atoms with Crippen molar-refractivity contribution in [3.8, 4) is 0 Å². The van der Waals surface area contributed by atoms with E-state index in [2.05, 4.69) is 31.2 Å². The molecule has 5 nitrogen and oxygen atoms in total. The SMILES string of the molecule is c1cncc(CN2CCOC3(CCN(Cc4nccs4)CC3)C2)c1. The number of ether oxygens (including phenoxy) is 1. The van der Waals surface area contributed by atoms with Crippen LogP contribution in [0.15, 0.2) is 36.1 Å². The van der Waals surface area contributed by atoms with Gasteiger partial charge in [0.1, 0.15) is 5.01 Å². The molecular formula is C18H24N4OS. The van der Waals surface area contributed by atoms with Crippen LogP contribution in [0.3, 0.4) is 0 Å². The van der Waals surface area contributed by atoms with Crippen LogP contribution in [0.25, 0.3) is 0 Å². The van der Waals surface area contributed by atoms with Crippen LogP contribution >= 0.6 is 11.3 Å². The van der Waals surface area contributed by atoms with E-state index in [4.69, 9.17) is 4.74 Å². The van der Waals surface area contributed by atoms with Crippen molar-refractivity contribution in [3.05, 3.63) is 46.7 Å². The minimum absolute atomic E-state index is 0.0415. The van der Waals surface area contributed by atoms with E-state index in [-0.39, 0.29) is 5.60 Å².